The zero-order valence-electron chi connectivity index (χ0n) is 11.5. The summed E-state index contributed by atoms with van der Waals surface area (Å²) in [5.74, 6) is -0.421. The number of aliphatic hydroxyl groups is 1. The molecule has 2 atom stereocenters. The average Bonchev–Trinajstić information content (AvgIpc) is 2.42. The topological polar surface area (TPSA) is 131 Å². The number of methoxy groups -OCH3 is 1. The number of hydrogen-bond donors (Lipinski definition) is 4. The lowest BCUT2D eigenvalue weighted by molar-refractivity contribution is -0.146. The Morgan fingerprint density at radius 3 is 2.55 bits per heavy atom. The molecule has 0 saturated heterocycles. The van der Waals surface area contributed by atoms with E-state index in [0.717, 1.165) is 7.11 Å². The molecular formula is C11H21N3O5S. The molecule has 0 heterocycles. The number of aliphatic hydroxyl groups excluding tert-OH is 1. The van der Waals surface area contributed by atoms with E-state index in [1.807, 2.05) is 0 Å². The van der Waals surface area contributed by atoms with Crippen LogP contribution in [0, 0.1) is 0 Å². The van der Waals surface area contributed by atoms with E-state index in [9.17, 15) is 14.4 Å². The summed E-state index contributed by atoms with van der Waals surface area (Å²) < 4.78 is 4.42. The summed E-state index contributed by atoms with van der Waals surface area (Å²) in [5, 5.41) is 13.9. The van der Waals surface area contributed by atoms with Crippen LogP contribution in [0.4, 0.5) is 0 Å². The molecule has 0 aromatic carbocycles. The summed E-state index contributed by atoms with van der Waals surface area (Å²) in [4.78, 5) is 33.5. The van der Waals surface area contributed by atoms with Crippen LogP contribution >= 0.6 is 11.8 Å². The van der Waals surface area contributed by atoms with E-state index >= 15 is 0 Å². The second kappa shape index (κ2) is 10.5. The summed E-state index contributed by atoms with van der Waals surface area (Å²) >= 11 is 1.40. The van der Waals surface area contributed by atoms with Gasteiger partial charge in [0.15, 0.2) is 6.04 Å². The molecule has 0 aliphatic heterocycles. The fourth-order valence-electron chi connectivity index (χ4n) is 1.19. The second-order valence-corrected chi connectivity index (χ2v) is 5.08. The highest BCUT2D eigenvalue weighted by Gasteiger charge is 2.23. The van der Waals surface area contributed by atoms with Crippen molar-refractivity contribution in [1.29, 1.82) is 0 Å². The molecule has 0 unspecified atom stereocenters. The Morgan fingerprint density at radius 2 is 2.05 bits per heavy atom. The van der Waals surface area contributed by atoms with E-state index in [4.69, 9.17) is 10.8 Å². The maximum absolute atomic E-state index is 11.7. The van der Waals surface area contributed by atoms with E-state index < -0.39 is 30.6 Å². The summed E-state index contributed by atoms with van der Waals surface area (Å²) in [6, 6.07) is -1.92. The number of thioether (sulfide) groups is 1. The van der Waals surface area contributed by atoms with Crippen LogP contribution in [0.2, 0.25) is 0 Å². The van der Waals surface area contributed by atoms with E-state index in [-0.39, 0.29) is 5.91 Å². The predicted octanol–water partition coefficient (Wildman–Crippen LogP) is -2.17. The van der Waals surface area contributed by atoms with Crippen molar-refractivity contribution in [2.75, 3.05) is 31.8 Å². The van der Waals surface area contributed by atoms with Gasteiger partial charge in [-0.05, 0) is 0 Å². The molecule has 20 heavy (non-hydrogen) atoms. The lowest BCUT2D eigenvalue weighted by Crippen LogP contribution is -2.51. The van der Waals surface area contributed by atoms with Crippen molar-refractivity contribution in [2.45, 2.75) is 19.0 Å². The molecule has 0 aliphatic carbocycles. The highest BCUT2D eigenvalue weighted by Crippen LogP contribution is 2.01. The first-order valence-electron chi connectivity index (χ1n) is 5.99. The molecule has 0 radical (unpaired) electrons. The van der Waals surface area contributed by atoms with Crippen molar-refractivity contribution in [3.05, 3.63) is 0 Å². The number of carbonyl (C=O) groups excluding carboxylic acids is 3. The quantitative estimate of drug-likeness (QED) is 0.282. The number of ether oxygens (including phenoxy) is 1. The molecule has 0 fully saturated rings. The zero-order chi connectivity index (χ0) is 15.5. The van der Waals surface area contributed by atoms with Gasteiger partial charge in [-0.2, -0.15) is 11.8 Å². The van der Waals surface area contributed by atoms with Gasteiger partial charge in [-0.15, -0.1) is 0 Å². The highest BCUT2D eigenvalue weighted by atomic mass is 32.2. The van der Waals surface area contributed by atoms with Gasteiger partial charge >= 0.3 is 5.97 Å². The number of nitrogens with two attached hydrogens (primary N) is 1. The second-order valence-electron chi connectivity index (χ2n) is 3.93. The molecule has 0 aromatic heterocycles. The molecule has 0 rings (SSSR count). The van der Waals surface area contributed by atoms with Gasteiger partial charge in [0, 0.05) is 25.0 Å². The van der Waals surface area contributed by atoms with Crippen molar-refractivity contribution in [1.82, 2.24) is 10.6 Å². The third-order valence-corrected chi connectivity index (χ3v) is 3.33. The fourth-order valence-corrected chi connectivity index (χ4v) is 2.00. The Kier molecular flexibility index (Phi) is 9.77. The monoisotopic (exact) mass is 307 g/mol. The molecule has 5 N–H and O–H groups in total. The molecule has 0 aromatic rings. The van der Waals surface area contributed by atoms with Gasteiger partial charge in [-0.3, -0.25) is 9.59 Å². The molecule has 0 spiro atoms. The molecule has 9 heteroatoms. The van der Waals surface area contributed by atoms with Gasteiger partial charge in [-0.1, -0.05) is 0 Å². The van der Waals surface area contributed by atoms with Crippen LogP contribution in [-0.2, 0) is 19.1 Å². The fraction of sp³-hybridized carbons (Fsp3) is 0.727. The molecule has 116 valence electrons. The minimum atomic E-state index is -1.11. The minimum absolute atomic E-state index is 0.114. The van der Waals surface area contributed by atoms with Crippen LogP contribution in [0.3, 0.4) is 0 Å². The lowest BCUT2D eigenvalue weighted by atomic mass is 10.2. The van der Waals surface area contributed by atoms with E-state index in [0.29, 0.717) is 18.1 Å². The van der Waals surface area contributed by atoms with Gasteiger partial charge in [0.2, 0.25) is 11.8 Å². The Labute approximate surface area is 121 Å². The lowest BCUT2D eigenvalue weighted by Gasteiger charge is -2.17. The standard InChI is InChI=1S/C11H21N3O5S/c1-7(16)13-3-4-20-6-8(12)10(17)14-9(5-15)11(18)19-2/h8-9,15H,3-6,12H2,1-2H3,(H,13,16)(H,14,17)/t8-,9-/m0/s1. The third-order valence-electron chi connectivity index (χ3n) is 2.24. The number of rotatable bonds is 9. The van der Waals surface area contributed by atoms with Crippen LogP contribution in [0.25, 0.3) is 0 Å². The summed E-state index contributed by atoms with van der Waals surface area (Å²) in [7, 11) is 1.16. The van der Waals surface area contributed by atoms with Crippen LogP contribution in [0.1, 0.15) is 6.92 Å². The van der Waals surface area contributed by atoms with Crippen LogP contribution in [0.15, 0.2) is 0 Å². The molecule has 2 amide bonds. The maximum Gasteiger partial charge on any atom is 0.330 e. The summed E-state index contributed by atoms with van der Waals surface area (Å²) in [6.07, 6.45) is 0. The van der Waals surface area contributed by atoms with Gasteiger partial charge < -0.3 is 26.2 Å². The van der Waals surface area contributed by atoms with Gasteiger partial charge in [0.25, 0.3) is 0 Å². The molecular weight excluding hydrogens is 286 g/mol. The Balaban J connectivity index is 3.96. The number of esters is 1. The Hall–Kier alpha value is -1.32. The van der Waals surface area contributed by atoms with Crippen LogP contribution in [-0.4, -0.2) is 66.7 Å². The van der Waals surface area contributed by atoms with Crippen molar-refractivity contribution in [2.24, 2.45) is 5.73 Å². The first-order valence-corrected chi connectivity index (χ1v) is 7.14. The van der Waals surface area contributed by atoms with Crippen molar-refractivity contribution >= 4 is 29.5 Å². The Morgan fingerprint density at radius 1 is 1.40 bits per heavy atom. The number of amides is 2. The van der Waals surface area contributed by atoms with Crippen molar-refractivity contribution < 1.29 is 24.2 Å². The largest absolute Gasteiger partial charge is 0.467 e. The van der Waals surface area contributed by atoms with Gasteiger partial charge in [-0.25, -0.2) is 4.79 Å². The molecule has 8 nitrogen and oxygen atoms in total. The van der Waals surface area contributed by atoms with Crippen LogP contribution in [0.5, 0.6) is 0 Å². The first kappa shape index (κ1) is 18.7. The average molecular weight is 307 g/mol. The van der Waals surface area contributed by atoms with E-state index in [1.54, 1.807) is 0 Å². The van der Waals surface area contributed by atoms with Crippen molar-refractivity contribution in [3.63, 3.8) is 0 Å². The molecule has 0 aliphatic rings. The third kappa shape index (κ3) is 7.97. The summed E-state index contributed by atoms with van der Waals surface area (Å²) in [6.45, 7) is 1.36. The molecule has 0 bridgehead atoms. The SMILES string of the molecule is COC(=O)[C@H](CO)NC(=O)[C@@H](N)CSCCNC(C)=O. The predicted molar refractivity (Wildman–Crippen MR) is 75.0 cm³/mol. The minimum Gasteiger partial charge on any atom is -0.467 e. The normalized spacial score (nSPS) is 13.2. The highest BCUT2D eigenvalue weighted by molar-refractivity contribution is 7.99. The number of carbonyl (C=O) groups is 3. The number of nitrogens with one attached hydrogen (secondary N) is 2. The summed E-state index contributed by atoms with van der Waals surface area (Å²) in [5.41, 5.74) is 5.65. The maximum atomic E-state index is 11.7. The van der Waals surface area contributed by atoms with E-state index in [1.165, 1.54) is 18.7 Å². The Bertz CT molecular complexity index is 340. The van der Waals surface area contributed by atoms with Crippen LogP contribution < -0.4 is 16.4 Å². The number of hydrogen-bond acceptors (Lipinski definition) is 7. The van der Waals surface area contributed by atoms with E-state index in [2.05, 4.69) is 15.4 Å². The molecule has 0 saturated carbocycles. The zero-order valence-corrected chi connectivity index (χ0v) is 12.4. The first-order chi connectivity index (χ1) is 9.42. The smallest absolute Gasteiger partial charge is 0.330 e. The van der Waals surface area contributed by atoms with Gasteiger partial charge in [0.1, 0.15) is 0 Å². The van der Waals surface area contributed by atoms with Crippen molar-refractivity contribution in [3.8, 4) is 0 Å². The van der Waals surface area contributed by atoms with Gasteiger partial charge in [0.05, 0.1) is 19.8 Å².